The van der Waals surface area contributed by atoms with E-state index >= 15 is 0 Å². The van der Waals surface area contributed by atoms with Crippen LogP contribution in [0.25, 0.3) is 11.1 Å². The van der Waals surface area contributed by atoms with E-state index in [0.717, 1.165) is 48.4 Å². The lowest BCUT2D eigenvalue weighted by Gasteiger charge is -2.42. The number of carbonyl (C=O) groups is 3. The van der Waals surface area contributed by atoms with Crippen molar-refractivity contribution in [2.24, 2.45) is 11.8 Å². The van der Waals surface area contributed by atoms with Crippen molar-refractivity contribution in [3.05, 3.63) is 84.2 Å². The topological polar surface area (TPSA) is 77.1 Å². The minimum Gasteiger partial charge on any atom is -0.341 e. The van der Waals surface area contributed by atoms with Gasteiger partial charge in [0.2, 0.25) is 17.7 Å². The summed E-state index contributed by atoms with van der Waals surface area (Å²) in [6, 6.07) is 20.4. The van der Waals surface area contributed by atoms with Gasteiger partial charge in [0.25, 0.3) is 0 Å². The molecule has 1 aromatic heterocycles. The van der Waals surface area contributed by atoms with Crippen LogP contribution in [0.1, 0.15) is 38.3 Å². The predicted octanol–water partition coefficient (Wildman–Crippen LogP) is 4.45. The third-order valence-electron chi connectivity index (χ3n) is 8.25. The number of benzene rings is 2. The molecule has 8 heteroatoms. The predicted molar refractivity (Wildman–Crippen MR) is 164 cm³/mol. The van der Waals surface area contributed by atoms with Crippen LogP contribution in [0.2, 0.25) is 0 Å². The van der Waals surface area contributed by atoms with Crippen LogP contribution in [0.3, 0.4) is 0 Å². The Morgan fingerprint density at radius 2 is 1.67 bits per heavy atom. The fourth-order valence-electron chi connectivity index (χ4n) is 5.87. The quantitative estimate of drug-likeness (QED) is 0.455. The van der Waals surface area contributed by atoms with Crippen LogP contribution >= 0.6 is 0 Å². The molecule has 3 aromatic rings. The van der Waals surface area contributed by atoms with E-state index in [0.29, 0.717) is 32.7 Å². The third-order valence-corrected chi connectivity index (χ3v) is 8.25. The molecule has 3 heterocycles. The minimum absolute atomic E-state index is 0.0149. The number of amides is 3. The van der Waals surface area contributed by atoms with Crippen LogP contribution in [0.4, 0.5) is 5.69 Å². The average Bonchev–Trinajstić information content (AvgIpc) is 3.00. The maximum Gasteiger partial charge on any atom is 0.229 e. The van der Waals surface area contributed by atoms with Crippen molar-refractivity contribution < 1.29 is 14.4 Å². The first-order valence-electron chi connectivity index (χ1n) is 15.0. The Morgan fingerprint density at radius 1 is 0.881 bits per heavy atom. The number of rotatable bonds is 5. The van der Waals surface area contributed by atoms with Crippen molar-refractivity contribution in [1.82, 2.24) is 19.7 Å². The summed E-state index contributed by atoms with van der Waals surface area (Å²) in [5, 5.41) is 0. The molecule has 0 radical (unpaired) electrons. The largest absolute Gasteiger partial charge is 0.341 e. The van der Waals surface area contributed by atoms with E-state index in [-0.39, 0.29) is 29.6 Å². The van der Waals surface area contributed by atoms with Crippen molar-refractivity contribution in [2.45, 2.75) is 40.3 Å². The fourth-order valence-corrected chi connectivity index (χ4v) is 5.87. The molecule has 0 atom stereocenters. The molecule has 5 rings (SSSR count). The summed E-state index contributed by atoms with van der Waals surface area (Å²) >= 11 is 0. The third kappa shape index (κ3) is 6.87. The van der Waals surface area contributed by atoms with Gasteiger partial charge in [0.1, 0.15) is 0 Å². The van der Waals surface area contributed by atoms with Crippen LogP contribution in [0, 0.1) is 11.8 Å². The molecular weight excluding hydrogens is 526 g/mol. The molecule has 0 aliphatic carbocycles. The van der Waals surface area contributed by atoms with E-state index in [9.17, 15) is 14.4 Å². The first-order valence-corrected chi connectivity index (χ1v) is 15.0. The van der Waals surface area contributed by atoms with Crippen LogP contribution in [-0.4, -0.2) is 76.7 Å². The highest BCUT2D eigenvalue weighted by Crippen LogP contribution is 2.31. The zero-order chi connectivity index (χ0) is 29.6. The van der Waals surface area contributed by atoms with Gasteiger partial charge in [-0.05, 0) is 46.9 Å². The Hall–Kier alpha value is -4.04. The number of hydrogen-bond acceptors (Lipinski definition) is 5. The fraction of sp³-hybridized carbons (Fsp3) is 0.412. The average molecular weight is 568 g/mol. The summed E-state index contributed by atoms with van der Waals surface area (Å²) in [5.74, 6) is -0.156. The van der Waals surface area contributed by atoms with Gasteiger partial charge in [-0.2, -0.15) is 0 Å². The second kappa shape index (κ2) is 13.3. The molecule has 1 saturated heterocycles. The maximum atomic E-state index is 14.0. The van der Waals surface area contributed by atoms with Crippen molar-refractivity contribution in [2.75, 3.05) is 44.2 Å². The number of aromatic nitrogens is 1. The number of fused-ring (bicyclic) bond motifs is 1. The molecule has 1 fully saturated rings. The summed E-state index contributed by atoms with van der Waals surface area (Å²) in [5.41, 5.74) is 4.98. The van der Waals surface area contributed by atoms with Gasteiger partial charge < -0.3 is 14.7 Å². The van der Waals surface area contributed by atoms with E-state index in [4.69, 9.17) is 0 Å². The SMILES string of the molecule is CC(=O)N1CCCN(Cc2ccccc2)CCN(C(=O)C2CN(C(=O)C(C)C)C2)Cc2cc(-c3cccnc3)ccc21. The summed E-state index contributed by atoms with van der Waals surface area (Å²) < 4.78 is 0. The minimum atomic E-state index is -0.214. The van der Waals surface area contributed by atoms with Crippen LogP contribution in [0.15, 0.2) is 73.1 Å². The highest BCUT2D eigenvalue weighted by Gasteiger charge is 2.39. The Labute approximate surface area is 248 Å². The number of anilines is 1. The number of hydrogen-bond donors (Lipinski definition) is 0. The van der Waals surface area contributed by atoms with Gasteiger partial charge in [-0.3, -0.25) is 24.3 Å². The van der Waals surface area contributed by atoms with Crippen LogP contribution in [-0.2, 0) is 27.5 Å². The molecule has 0 saturated carbocycles. The van der Waals surface area contributed by atoms with Crippen molar-refractivity contribution in [3.63, 3.8) is 0 Å². The number of nitrogens with zero attached hydrogens (tertiary/aromatic N) is 5. The Balaban J connectivity index is 1.46. The molecule has 2 aromatic carbocycles. The molecule has 0 spiro atoms. The highest BCUT2D eigenvalue weighted by atomic mass is 16.2. The Bertz CT molecular complexity index is 1390. The van der Waals surface area contributed by atoms with E-state index in [1.165, 1.54) is 5.56 Å². The lowest BCUT2D eigenvalue weighted by Crippen LogP contribution is -2.57. The zero-order valence-corrected chi connectivity index (χ0v) is 24.9. The van der Waals surface area contributed by atoms with Gasteiger partial charge in [0, 0.05) is 83.3 Å². The molecule has 0 unspecified atom stereocenters. The molecule has 220 valence electrons. The van der Waals surface area contributed by atoms with Crippen molar-refractivity contribution >= 4 is 23.4 Å². The number of pyridine rings is 1. The monoisotopic (exact) mass is 567 g/mol. The molecule has 0 N–H and O–H groups in total. The Morgan fingerprint density at radius 3 is 2.36 bits per heavy atom. The van der Waals surface area contributed by atoms with Crippen molar-refractivity contribution in [3.8, 4) is 11.1 Å². The number of carbonyl (C=O) groups excluding carboxylic acids is 3. The van der Waals surface area contributed by atoms with Crippen molar-refractivity contribution in [1.29, 1.82) is 0 Å². The molecule has 2 aliphatic heterocycles. The van der Waals surface area contributed by atoms with Gasteiger partial charge in [0.05, 0.1) is 5.92 Å². The first-order chi connectivity index (χ1) is 20.3. The van der Waals surface area contributed by atoms with Gasteiger partial charge in [-0.15, -0.1) is 0 Å². The summed E-state index contributed by atoms with van der Waals surface area (Å²) in [6.07, 6.45) is 4.40. The molecule has 3 amide bonds. The summed E-state index contributed by atoms with van der Waals surface area (Å²) in [4.78, 5) is 51.7. The first kappa shape index (κ1) is 29.5. The molecular formula is C34H41N5O3. The van der Waals surface area contributed by atoms with Crippen LogP contribution in [0.5, 0.6) is 0 Å². The summed E-state index contributed by atoms with van der Waals surface area (Å²) in [7, 11) is 0. The van der Waals surface area contributed by atoms with Gasteiger partial charge in [-0.25, -0.2) is 0 Å². The van der Waals surface area contributed by atoms with E-state index in [1.807, 2.05) is 72.3 Å². The molecule has 2 aliphatic rings. The lowest BCUT2D eigenvalue weighted by atomic mass is 9.95. The normalized spacial score (nSPS) is 16.9. The van der Waals surface area contributed by atoms with Gasteiger partial charge >= 0.3 is 0 Å². The van der Waals surface area contributed by atoms with E-state index in [1.54, 1.807) is 18.0 Å². The van der Waals surface area contributed by atoms with Crippen LogP contribution < -0.4 is 4.90 Å². The standard InChI is InChI=1S/C34H41N5O3/c1-25(2)33(41)38-23-31(24-38)34(42)37-18-17-36(21-27-9-5-4-6-10-27)15-8-16-39(26(3)40)32-13-12-28(19-30(32)22-37)29-11-7-14-35-20-29/h4-7,9-14,19-20,25,31H,8,15-18,21-24H2,1-3H3. The van der Waals surface area contributed by atoms with Gasteiger partial charge in [-0.1, -0.05) is 56.3 Å². The Kier molecular flexibility index (Phi) is 9.32. The summed E-state index contributed by atoms with van der Waals surface area (Å²) in [6.45, 7) is 10.2. The molecule has 42 heavy (non-hydrogen) atoms. The van der Waals surface area contributed by atoms with E-state index < -0.39 is 0 Å². The zero-order valence-electron chi connectivity index (χ0n) is 24.9. The highest BCUT2D eigenvalue weighted by molar-refractivity contribution is 5.93. The van der Waals surface area contributed by atoms with Gasteiger partial charge in [0.15, 0.2) is 0 Å². The smallest absolute Gasteiger partial charge is 0.229 e. The lowest BCUT2D eigenvalue weighted by molar-refractivity contribution is -0.150. The maximum absolute atomic E-state index is 14.0. The molecule has 0 bridgehead atoms. The second-order valence-electron chi connectivity index (χ2n) is 11.7. The van der Waals surface area contributed by atoms with E-state index in [2.05, 4.69) is 28.1 Å². The number of likely N-dealkylation sites (tertiary alicyclic amines) is 1. The molecule has 8 nitrogen and oxygen atoms in total. The second-order valence-corrected chi connectivity index (χ2v) is 11.7.